The van der Waals surface area contributed by atoms with Crippen molar-refractivity contribution < 1.29 is 31.1 Å². The zero-order valence-corrected chi connectivity index (χ0v) is 18.7. The van der Waals surface area contributed by atoms with Gasteiger partial charge in [-0.05, 0) is 64.7 Å². The number of nitrogen functional groups attached to an aromatic ring is 1. The highest BCUT2D eigenvalue weighted by atomic mass is 79.9. The summed E-state index contributed by atoms with van der Waals surface area (Å²) in [6, 6.07) is 7.46. The minimum absolute atomic E-state index is 0.00588. The Morgan fingerprint density at radius 1 is 1.03 bits per heavy atom. The van der Waals surface area contributed by atoms with Crippen LogP contribution in [0.25, 0.3) is 0 Å². The van der Waals surface area contributed by atoms with Crippen LogP contribution < -0.4 is 11.1 Å². The number of rotatable bonds is 4. The maximum absolute atomic E-state index is 14.2. The molecule has 0 bridgehead atoms. The van der Waals surface area contributed by atoms with E-state index in [9.17, 15) is 31.1 Å². The van der Waals surface area contributed by atoms with Gasteiger partial charge in [0, 0.05) is 23.1 Å². The van der Waals surface area contributed by atoms with Gasteiger partial charge in [0.15, 0.2) is 0 Å². The van der Waals surface area contributed by atoms with Gasteiger partial charge in [-0.2, -0.15) is 31.4 Å². The Balaban J connectivity index is 2.17. The number of alkyl halides is 6. The minimum atomic E-state index is -5.79. The van der Waals surface area contributed by atoms with E-state index in [0.29, 0.717) is 11.9 Å². The van der Waals surface area contributed by atoms with Crippen LogP contribution in [0.1, 0.15) is 27.0 Å². The lowest BCUT2D eigenvalue weighted by Gasteiger charge is -2.38. The third kappa shape index (κ3) is 4.31. The van der Waals surface area contributed by atoms with Crippen molar-refractivity contribution in [2.75, 3.05) is 11.1 Å². The van der Waals surface area contributed by atoms with E-state index in [0.717, 1.165) is 18.3 Å². The van der Waals surface area contributed by atoms with Crippen molar-refractivity contribution in [3.05, 3.63) is 75.5 Å². The number of halogens is 7. The molecule has 0 aliphatic heterocycles. The summed E-state index contributed by atoms with van der Waals surface area (Å²) in [5.41, 5.74) is 0.714. The summed E-state index contributed by atoms with van der Waals surface area (Å²) in [5, 5.41) is 5.86. The summed E-state index contributed by atoms with van der Waals surface area (Å²) in [5.74, 6) is -0.616. The smallest absolute Gasteiger partial charge is 0.399 e. The standard InChI is InChI=1S/C21H17BrF6N4O/c1-11-6-14(7-12(2)17(11)31-18(33)13-4-3-5-16(29)8-13)19(20(23,24)25,21(26,27)28)32-10-15(22)9-30-32/h3-10H,29H2,1-2H3,(H,31,33). The Hall–Kier alpha value is -3.02. The average Bonchev–Trinajstić information content (AvgIpc) is 3.08. The number of hydrogen-bond acceptors (Lipinski definition) is 3. The largest absolute Gasteiger partial charge is 0.426 e. The van der Waals surface area contributed by atoms with E-state index in [2.05, 4.69) is 26.3 Å². The molecular weight excluding hydrogens is 518 g/mol. The van der Waals surface area contributed by atoms with Crippen LogP contribution in [0.15, 0.2) is 53.3 Å². The molecule has 0 aliphatic carbocycles. The highest BCUT2D eigenvalue weighted by Crippen LogP contribution is 2.53. The number of carbonyl (C=O) groups excluding carboxylic acids is 1. The Bertz CT molecular complexity index is 1160. The molecule has 0 saturated heterocycles. The SMILES string of the molecule is Cc1cc(C(n2cc(Br)cn2)(C(F)(F)F)C(F)(F)F)cc(C)c1NC(=O)c1cccc(N)c1. The van der Waals surface area contributed by atoms with Gasteiger partial charge in [0.05, 0.1) is 10.7 Å². The predicted octanol–water partition coefficient (Wildman–Crippen LogP) is 5.97. The van der Waals surface area contributed by atoms with Crippen LogP contribution in [0, 0.1) is 13.8 Å². The maximum Gasteiger partial charge on any atom is 0.426 e. The van der Waals surface area contributed by atoms with E-state index in [4.69, 9.17) is 5.73 Å². The molecule has 0 aliphatic rings. The fourth-order valence-corrected chi connectivity index (χ4v) is 3.89. The molecule has 0 fully saturated rings. The minimum Gasteiger partial charge on any atom is -0.399 e. The van der Waals surface area contributed by atoms with E-state index >= 15 is 0 Å². The van der Waals surface area contributed by atoms with E-state index in [-0.39, 0.29) is 31.5 Å². The first kappa shape index (κ1) is 24.6. The van der Waals surface area contributed by atoms with Crippen molar-refractivity contribution in [3.8, 4) is 0 Å². The molecule has 0 radical (unpaired) electrons. The molecule has 3 N–H and O–H groups in total. The number of aryl methyl sites for hydroxylation is 2. The molecule has 1 amide bonds. The van der Waals surface area contributed by atoms with Gasteiger partial charge in [0.25, 0.3) is 11.4 Å². The number of nitrogens with two attached hydrogens (primary N) is 1. The number of benzene rings is 2. The Morgan fingerprint density at radius 2 is 1.61 bits per heavy atom. The number of anilines is 2. The third-order valence-electron chi connectivity index (χ3n) is 5.05. The third-order valence-corrected chi connectivity index (χ3v) is 5.46. The fourth-order valence-electron chi connectivity index (χ4n) is 3.60. The number of hydrogen-bond donors (Lipinski definition) is 2. The average molecular weight is 535 g/mol. The van der Waals surface area contributed by atoms with Crippen molar-refractivity contribution >= 4 is 33.2 Å². The summed E-state index contributed by atoms with van der Waals surface area (Å²) in [7, 11) is 0. The van der Waals surface area contributed by atoms with Crippen molar-refractivity contribution in [3.63, 3.8) is 0 Å². The summed E-state index contributed by atoms with van der Waals surface area (Å²) in [6.07, 6.45) is -10.1. The molecule has 0 atom stereocenters. The Labute approximate surface area is 192 Å². The molecule has 1 heterocycles. The molecule has 3 rings (SSSR count). The van der Waals surface area contributed by atoms with Crippen molar-refractivity contribution in [2.24, 2.45) is 0 Å². The number of aromatic nitrogens is 2. The lowest BCUT2D eigenvalue weighted by atomic mass is 9.85. The van der Waals surface area contributed by atoms with E-state index in [1.165, 1.54) is 32.0 Å². The van der Waals surface area contributed by atoms with Crippen LogP contribution in [0.5, 0.6) is 0 Å². The van der Waals surface area contributed by atoms with Gasteiger partial charge in [0.1, 0.15) is 0 Å². The zero-order chi connectivity index (χ0) is 24.8. The van der Waals surface area contributed by atoms with Gasteiger partial charge in [-0.25, -0.2) is 4.68 Å². The first-order valence-electron chi connectivity index (χ1n) is 9.31. The molecule has 0 unspecified atom stereocenters. The molecule has 0 spiro atoms. The van der Waals surface area contributed by atoms with Gasteiger partial charge in [0.2, 0.25) is 0 Å². The summed E-state index contributed by atoms with van der Waals surface area (Å²) >= 11 is 2.85. The molecule has 2 aromatic carbocycles. The van der Waals surface area contributed by atoms with Crippen LogP contribution >= 0.6 is 15.9 Å². The molecule has 5 nitrogen and oxygen atoms in total. The van der Waals surface area contributed by atoms with Gasteiger partial charge in [-0.15, -0.1) is 0 Å². The normalized spacial score (nSPS) is 12.6. The lowest BCUT2D eigenvalue weighted by Crippen LogP contribution is -2.59. The first-order valence-corrected chi connectivity index (χ1v) is 10.1. The Kier molecular flexibility index (Phi) is 6.26. The summed E-state index contributed by atoms with van der Waals surface area (Å²) in [6.45, 7) is 2.62. The molecule has 1 aromatic heterocycles. The molecule has 176 valence electrons. The van der Waals surface area contributed by atoms with Crippen molar-refractivity contribution in [1.29, 1.82) is 0 Å². The highest BCUT2D eigenvalue weighted by Gasteiger charge is 2.74. The quantitative estimate of drug-likeness (QED) is 0.320. The highest BCUT2D eigenvalue weighted by molar-refractivity contribution is 9.10. The summed E-state index contributed by atoms with van der Waals surface area (Å²) in [4.78, 5) is 12.5. The summed E-state index contributed by atoms with van der Waals surface area (Å²) < 4.78 is 85.0. The lowest BCUT2D eigenvalue weighted by molar-refractivity contribution is -0.316. The van der Waals surface area contributed by atoms with Crippen LogP contribution in [0.4, 0.5) is 37.7 Å². The first-order chi connectivity index (χ1) is 15.2. The second-order valence-electron chi connectivity index (χ2n) is 7.37. The molecular formula is C21H17BrF6N4O. The van der Waals surface area contributed by atoms with Gasteiger partial charge in [-0.1, -0.05) is 18.2 Å². The Morgan fingerprint density at radius 3 is 2.06 bits per heavy atom. The van der Waals surface area contributed by atoms with Crippen molar-refractivity contribution in [1.82, 2.24) is 9.78 Å². The molecule has 0 saturated carbocycles. The maximum atomic E-state index is 14.2. The van der Waals surface area contributed by atoms with Crippen LogP contribution in [0.3, 0.4) is 0 Å². The second kappa shape index (κ2) is 8.40. The van der Waals surface area contributed by atoms with E-state index in [1.807, 2.05) is 0 Å². The topological polar surface area (TPSA) is 72.9 Å². The van der Waals surface area contributed by atoms with Crippen LogP contribution in [-0.2, 0) is 5.54 Å². The van der Waals surface area contributed by atoms with Crippen LogP contribution in [0.2, 0.25) is 0 Å². The molecule has 3 aromatic rings. The zero-order valence-electron chi connectivity index (χ0n) is 17.1. The predicted molar refractivity (Wildman–Crippen MR) is 114 cm³/mol. The van der Waals surface area contributed by atoms with Gasteiger partial charge in [-0.3, -0.25) is 4.79 Å². The monoisotopic (exact) mass is 534 g/mol. The van der Waals surface area contributed by atoms with Gasteiger partial charge < -0.3 is 11.1 Å². The van der Waals surface area contributed by atoms with Gasteiger partial charge >= 0.3 is 12.4 Å². The van der Waals surface area contributed by atoms with Crippen LogP contribution in [-0.4, -0.2) is 28.0 Å². The second-order valence-corrected chi connectivity index (χ2v) is 8.29. The molecule has 12 heteroatoms. The van der Waals surface area contributed by atoms with E-state index in [1.54, 1.807) is 6.07 Å². The molecule has 33 heavy (non-hydrogen) atoms. The number of amides is 1. The van der Waals surface area contributed by atoms with Crippen molar-refractivity contribution in [2.45, 2.75) is 31.7 Å². The number of nitrogens with one attached hydrogen (secondary N) is 1. The fraction of sp³-hybridized carbons (Fsp3) is 0.238. The van der Waals surface area contributed by atoms with E-state index < -0.39 is 29.4 Å². The number of nitrogens with zero attached hydrogens (tertiary/aromatic N) is 2. The number of carbonyl (C=O) groups is 1.